The third-order valence-corrected chi connectivity index (χ3v) is 5.34. The first-order valence-corrected chi connectivity index (χ1v) is 9.90. The summed E-state index contributed by atoms with van der Waals surface area (Å²) in [5.41, 5.74) is 1.58. The minimum absolute atomic E-state index is 0.0149. The number of rotatable bonds is 7. The van der Waals surface area contributed by atoms with Crippen LogP contribution in [-0.2, 0) is 13.1 Å². The molecule has 0 radical (unpaired) electrons. The van der Waals surface area contributed by atoms with Gasteiger partial charge >= 0.3 is 0 Å². The standard InChI is InChI=1S/C18H25N5O2S/c1-21(13-15-5-3-4-6-17(15)25-2)7-8-23-14-16(19-20-23)18(24)22-9-11-26-12-10-22/h3-6,14H,7-13H2,1-2H3. The Morgan fingerprint density at radius 3 is 2.85 bits per heavy atom. The van der Waals surface area contributed by atoms with Gasteiger partial charge in [0.05, 0.1) is 19.9 Å². The van der Waals surface area contributed by atoms with Crippen LogP contribution in [0.2, 0.25) is 0 Å². The second-order valence-corrected chi connectivity index (χ2v) is 7.55. The molecule has 0 spiro atoms. The summed E-state index contributed by atoms with van der Waals surface area (Å²) in [6, 6.07) is 8.02. The number of thioether (sulfide) groups is 1. The second kappa shape index (κ2) is 9.05. The molecule has 2 heterocycles. The van der Waals surface area contributed by atoms with Crippen molar-refractivity contribution in [3.05, 3.63) is 41.7 Å². The zero-order valence-corrected chi connectivity index (χ0v) is 16.1. The lowest BCUT2D eigenvalue weighted by Crippen LogP contribution is -2.38. The quantitative estimate of drug-likeness (QED) is 0.733. The van der Waals surface area contributed by atoms with E-state index in [1.54, 1.807) is 18.0 Å². The summed E-state index contributed by atoms with van der Waals surface area (Å²) in [6.45, 7) is 3.85. The number of likely N-dealkylation sites (N-methyl/N-ethyl adjacent to an activating group) is 1. The zero-order valence-electron chi connectivity index (χ0n) is 15.3. The molecule has 0 aliphatic carbocycles. The molecule has 0 N–H and O–H groups in total. The van der Waals surface area contributed by atoms with Gasteiger partial charge in [0.15, 0.2) is 5.69 Å². The maximum absolute atomic E-state index is 12.4. The number of carbonyl (C=O) groups is 1. The van der Waals surface area contributed by atoms with Crippen molar-refractivity contribution in [3.8, 4) is 5.75 Å². The highest BCUT2D eigenvalue weighted by Gasteiger charge is 2.21. The minimum Gasteiger partial charge on any atom is -0.496 e. The molecular formula is C18H25N5O2S. The minimum atomic E-state index is -0.0149. The van der Waals surface area contributed by atoms with E-state index in [0.717, 1.165) is 49.0 Å². The van der Waals surface area contributed by atoms with Gasteiger partial charge in [-0.3, -0.25) is 9.48 Å². The van der Waals surface area contributed by atoms with Crippen LogP contribution in [-0.4, -0.2) is 76.0 Å². The Bertz CT molecular complexity index is 730. The highest BCUT2D eigenvalue weighted by atomic mass is 32.2. The molecule has 0 bridgehead atoms. The Morgan fingerprint density at radius 2 is 2.08 bits per heavy atom. The summed E-state index contributed by atoms with van der Waals surface area (Å²) in [7, 11) is 3.74. The molecule has 1 aromatic carbocycles. The van der Waals surface area contributed by atoms with Crippen LogP contribution in [0.3, 0.4) is 0 Å². The van der Waals surface area contributed by atoms with Crippen molar-refractivity contribution in [2.75, 3.05) is 45.3 Å². The SMILES string of the molecule is COc1ccccc1CN(C)CCn1cc(C(=O)N2CCSCC2)nn1. The molecule has 1 fully saturated rings. The summed E-state index contributed by atoms with van der Waals surface area (Å²) < 4.78 is 7.14. The van der Waals surface area contributed by atoms with Crippen LogP contribution in [0, 0.1) is 0 Å². The fourth-order valence-electron chi connectivity index (χ4n) is 2.91. The third-order valence-electron chi connectivity index (χ3n) is 4.40. The predicted octanol–water partition coefficient (Wildman–Crippen LogP) is 1.61. The van der Waals surface area contributed by atoms with E-state index in [2.05, 4.69) is 28.3 Å². The van der Waals surface area contributed by atoms with Crippen molar-refractivity contribution >= 4 is 17.7 Å². The number of aromatic nitrogens is 3. The Morgan fingerprint density at radius 1 is 1.31 bits per heavy atom. The first-order chi connectivity index (χ1) is 12.7. The monoisotopic (exact) mass is 375 g/mol. The number of ether oxygens (including phenoxy) is 1. The normalized spacial score (nSPS) is 14.7. The van der Waals surface area contributed by atoms with Gasteiger partial charge in [0.1, 0.15) is 5.75 Å². The second-order valence-electron chi connectivity index (χ2n) is 6.32. The van der Waals surface area contributed by atoms with Gasteiger partial charge in [-0.2, -0.15) is 11.8 Å². The van der Waals surface area contributed by atoms with E-state index in [1.807, 2.05) is 34.9 Å². The van der Waals surface area contributed by atoms with Crippen molar-refractivity contribution in [1.29, 1.82) is 0 Å². The molecule has 7 nitrogen and oxygen atoms in total. The van der Waals surface area contributed by atoms with Gasteiger partial charge in [-0.15, -0.1) is 5.10 Å². The topological polar surface area (TPSA) is 63.5 Å². The molecule has 26 heavy (non-hydrogen) atoms. The van der Waals surface area contributed by atoms with Crippen LogP contribution >= 0.6 is 11.8 Å². The van der Waals surface area contributed by atoms with Crippen LogP contribution in [0.5, 0.6) is 5.75 Å². The van der Waals surface area contributed by atoms with Gasteiger partial charge in [0.25, 0.3) is 5.91 Å². The van der Waals surface area contributed by atoms with Crippen LogP contribution < -0.4 is 4.74 Å². The zero-order chi connectivity index (χ0) is 18.4. The van der Waals surface area contributed by atoms with Crippen molar-refractivity contribution in [2.45, 2.75) is 13.1 Å². The summed E-state index contributed by atoms with van der Waals surface area (Å²) in [5, 5.41) is 8.16. The number of benzene rings is 1. The van der Waals surface area contributed by atoms with E-state index in [4.69, 9.17) is 4.74 Å². The third kappa shape index (κ3) is 4.76. The average molecular weight is 375 g/mol. The molecule has 3 rings (SSSR count). The summed E-state index contributed by atoms with van der Waals surface area (Å²) in [6.07, 6.45) is 1.75. The van der Waals surface area contributed by atoms with Crippen LogP contribution in [0.1, 0.15) is 16.1 Å². The molecule has 0 unspecified atom stereocenters. The fraction of sp³-hybridized carbons (Fsp3) is 0.500. The smallest absolute Gasteiger partial charge is 0.276 e. The summed E-state index contributed by atoms with van der Waals surface area (Å²) in [5.74, 6) is 2.87. The maximum atomic E-state index is 12.4. The number of para-hydroxylation sites is 1. The molecule has 0 saturated carbocycles. The van der Waals surface area contributed by atoms with E-state index in [0.29, 0.717) is 12.2 Å². The van der Waals surface area contributed by atoms with Crippen molar-refractivity contribution in [3.63, 3.8) is 0 Å². The Hall–Kier alpha value is -2.06. The van der Waals surface area contributed by atoms with E-state index in [1.165, 1.54) is 0 Å². The van der Waals surface area contributed by atoms with E-state index >= 15 is 0 Å². The van der Waals surface area contributed by atoms with Gasteiger partial charge in [0, 0.05) is 43.2 Å². The largest absolute Gasteiger partial charge is 0.496 e. The number of hydrogen-bond acceptors (Lipinski definition) is 6. The molecule has 8 heteroatoms. The molecule has 1 aromatic heterocycles. The van der Waals surface area contributed by atoms with Gasteiger partial charge in [-0.1, -0.05) is 23.4 Å². The Balaban J connectivity index is 1.52. The van der Waals surface area contributed by atoms with Gasteiger partial charge < -0.3 is 14.5 Å². The molecule has 1 saturated heterocycles. The van der Waals surface area contributed by atoms with Gasteiger partial charge in [0.2, 0.25) is 0 Å². The van der Waals surface area contributed by atoms with Crippen LogP contribution in [0.4, 0.5) is 0 Å². The molecule has 140 valence electrons. The number of hydrogen-bond donors (Lipinski definition) is 0. The first kappa shape index (κ1) is 18.7. The van der Waals surface area contributed by atoms with E-state index < -0.39 is 0 Å². The predicted molar refractivity (Wildman–Crippen MR) is 103 cm³/mol. The first-order valence-electron chi connectivity index (χ1n) is 8.75. The molecule has 2 aromatic rings. The molecule has 1 amide bonds. The molecule has 1 aliphatic rings. The molecule has 1 aliphatic heterocycles. The number of amides is 1. The lowest BCUT2D eigenvalue weighted by Gasteiger charge is -2.25. The van der Waals surface area contributed by atoms with Crippen LogP contribution in [0.25, 0.3) is 0 Å². The van der Waals surface area contributed by atoms with Gasteiger partial charge in [-0.05, 0) is 13.1 Å². The van der Waals surface area contributed by atoms with Gasteiger partial charge in [-0.25, -0.2) is 0 Å². The molecular weight excluding hydrogens is 350 g/mol. The maximum Gasteiger partial charge on any atom is 0.276 e. The number of methoxy groups -OCH3 is 1. The average Bonchev–Trinajstić information content (AvgIpc) is 3.16. The van der Waals surface area contributed by atoms with Crippen molar-refractivity contribution in [2.24, 2.45) is 0 Å². The van der Waals surface area contributed by atoms with E-state index in [9.17, 15) is 4.79 Å². The highest BCUT2D eigenvalue weighted by Crippen LogP contribution is 2.18. The Labute approximate surface area is 158 Å². The van der Waals surface area contributed by atoms with Crippen molar-refractivity contribution in [1.82, 2.24) is 24.8 Å². The fourth-order valence-corrected chi connectivity index (χ4v) is 3.81. The Kier molecular flexibility index (Phi) is 6.51. The summed E-state index contributed by atoms with van der Waals surface area (Å²) in [4.78, 5) is 16.5. The highest BCUT2D eigenvalue weighted by molar-refractivity contribution is 7.99. The summed E-state index contributed by atoms with van der Waals surface area (Å²) >= 11 is 1.88. The molecule has 0 atom stereocenters. The van der Waals surface area contributed by atoms with E-state index in [-0.39, 0.29) is 5.91 Å². The van der Waals surface area contributed by atoms with Crippen molar-refractivity contribution < 1.29 is 9.53 Å². The van der Waals surface area contributed by atoms with Crippen LogP contribution in [0.15, 0.2) is 30.5 Å². The lowest BCUT2D eigenvalue weighted by molar-refractivity contribution is 0.0766. The number of carbonyl (C=O) groups excluding carboxylic acids is 1. The number of nitrogens with zero attached hydrogens (tertiary/aromatic N) is 5. The lowest BCUT2D eigenvalue weighted by atomic mass is 10.2.